The van der Waals surface area contributed by atoms with E-state index >= 15 is 0 Å². The molecule has 1 N–H and O–H groups in total. The third kappa shape index (κ3) is 3.75. The quantitative estimate of drug-likeness (QED) is 0.744. The number of amides is 1. The highest BCUT2D eigenvalue weighted by Gasteiger charge is 2.20. The number of aryl methyl sites for hydroxylation is 1. The van der Waals surface area contributed by atoms with Gasteiger partial charge in [0.05, 0.1) is 4.90 Å². The Morgan fingerprint density at radius 3 is 2.46 bits per heavy atom. The van der Waals surface area contributed by atoms with Crippen molar-refractivity contribution in [3.8, 4) is 0 Å². The van der Waals surface area contributed by atoms with Gasteiger partial charge in [-0.25, -0.2) is 8.42 Å². The second-order valence-corrected chi connectivity index (χ2v) is 7.34. The maximum Gasteiger partial charge on any atom is 0.263 e. The summed E-state index contributed by atoms with van der Waals surface area (Å²) in [4.78, 5) is 14.1. The van der Waals surface area contributed by atoms with Gasteiger partial charge in [-0.05, 0) is 37.3 Å². The van der Waals surface area contributed by atoms with Crippen molar-refractivity contribution in [1.82, 2.24) is 5.16 Å². The molecule has 0 bridgehead atoms. The number of rotatable bonds is 5. The van der Waals surface area contributed by atoms with Gasteiger partial charge in [-0.3, -0.25) is 9.52 Å². The van der Waals surface area contributed by atoms with Crippen LogP contribution in [0.15, 0.2) is 70.1 Å². The lowest BCUT2D eigenvalue weighted by atomic mass is 10.2. The Balaban J connectivity index is 1.86. The highest BCUT2D eigenvalue weighted by Crippen LogP contribution is 2.19. The van der Waals surface area contributed by atoms with Crippen LogP contribution in [-0.2, 0) is 10.0 Å². The average Bonchev–Trinajstić information content (AvgIpc) is 3.05. The van der Waals surface area contributed by atoms with E-state index < -0.39 is 10.0 Å². The van der Waals surface area contributed by atoms with E-state index in [2.05, 4.69) is 9.88 Å². The molecule has 0 radical (unpaired) electrons. The molecule has 0 spiro atoms. The number of nitrogens with zero attached hydrogens (tertiary/aromatic N) is 2. The second-order valence-electron chi connectivity index (χ2n) is 5.66. The van der Waals surface area contributed by atoms with E-state index in [1.165, 1.54) is 29.2 Å². The zero-order chi connectivity index (χ0) is 18.7. The number of para-hydroxylation sites is 1. The fourth-order valence-electron chi connectivity index (χ4n) is 2.37. The lowest BCUT2D eigenvalue weighted by Crippen LogP contribution is -2.26. The number of nitrogens with one attached hydrogen (secondary N) is 1. The van der Waals surface area contributed by atoms with Crippen LogP contribution in [0.5, 0.6) is 0 Å². The van der Waals surface area contributed by atoms with E-state index in [0.29, 0.717) is 11.4 Å². The van der Waals surface area contributed by atoms with E-state index in [1.54, 1.807) is 32.2 Å². The first-order chi connectivity index (χ1) is 12.4. The van der Waals surface area contributed by atoms with Gasteiger partial charge in [-0.2, -0.15) is 0 Å². The molecule has 3 rings (SSSR count). The molecule has 0 unspecified atom stereocenters. The maximum absolute atomic E-state index is 12.7. The lowest BCUT2D eigenvalue weighted by Gasteiger charge is -2.17. The third-order valence-corrected chi connectivity index (χ3v) is 5.06. The summed E-state index contributed by atoms with van der Waals surface area (Å²) in [6.45, 7) is 1.66. The standard InChI is InChI=1S/C18H17N3O4S/c1-13-11-17(19-25-13)20-26(23,24)16-10-6-7-14(12-16)18(22)21(2)15-8-4-3-5-9-15/h3-12H,1-2H3,(H,19,20). The lowest BCUT2D eigenvalue weighted by molar-refractivity contribution is 0.0993. The van der Waals surface area contributed by atoms with Crippen LogP contribution in [0.25, 0.3) is 0 Å². The van der Waals surface area contributed by atoms with Crippen molar-refractivity contribution in [3.63, 3.8) is 0 Å². The summed E-state index contributed by atoms with van der Waals surface area (Å²) >= 11 is 0. The van der Waals surface area contributed by atoms with Gasteiger partial charge >= 0.3 is 0 Å². The molecule has 0 aliphatic carbocycles. The molecule has 1 amide bonds. The fourth-order valence-corrected chi connectivity index (χ4v) is 3.40. The smallest absolute Gasteiger partial charge is 0.263 e. The molecule has 0 saturated heterocycles. The number of carbonyl (C=O) groups excluding carboxylic acids is 1. The number of anilines is 2. The number of carbonyl (C=O) groups is 1. The molecule has 0 fully saturated rings. The second kappa shape index (κ2) is 7.01. The van der Waals surface area contributed by atoms with Crippen LogP contribution in [0.2, 0.25) is 0 Å². The Bertz CT molecular complexity index is 1030. The predicted octanol–water partition coefficient (Wildman–Crippen LogP) is 3.06. The molecule has 7 nitrogen and oxygen atoms in total. The van der Waals surface area contributed by atoms with Crippen LogP contribution in [0.1, 0.15) is 16.1 Å². The normalized spacial score (nSPS) is 11.2. The third-order valence-electron chi connectivity index (χ3n) is 3.71. The first kappa shape index (κ1) is 17.7. The van der Waals surface area contributed by atoms with Gasteiger partial charge in [-0.1, -0.05) is 29.4 Å². The SMILES string of the molecule is Cc1cc(NS(=O)(=O)c2cccc(C(=O)N(C)c3ccccc3)c2)no1. The van der Waals surface area contributed by atoms with Crippen molar-refractivity contribution in [2.24, 2.45) is 0 Å². The fraction of sp³-hybridized carbons (Fsp3) is 0.111. The average molecular weight is 371 g/mol. The van der Waals surface area contributed by atoms with Crippen molar-refractivity contribution >= 4 is 27.4 Å². The zero-order valence-corrected chi connectivity index (χ0v) is 15.0. The highest BCUT2D eigenvalue weighted by molar-refractivity contribution is 7.92. The molecule has 0 aliphatic heterocycles. The van der Waals surface area contributed by atoms with Gasteiger partial charge in [-0.15, -0.1) is 0 Å². The summed E-state index contributed by atoms with van der Waals surface area (Å²) in [7, 11) is -2.26. The van der Waals surface area contributed by atoms with Crippen LogP contribution in [0, 0.1) is 6.92 Å². The molecule has 0 atom stereocenters. The molecule has 3 aromatic rings. The van der Waals surface area contributed by atoms with Crippen molar-refractivity contribution in [2.45, 2.75) is 11.8 Å². The minimum Gasteiger partial charge on any atom is -0.360 e. The monoisotopic (exact) mass is 371 g/mol. The predicted molar refractivity (Wildman–Crippen MR) is 97.7 cm³/mol. The van der Waals surface area contributed by atoms with Crippen molar-refractivity contribution in [2.75, 3.05) is 16.7 Å². The van der Waals surface area contributed by atoms with Crippen LogP contribution in [-0.4, -0.2) is 26.5 Å². The Labute approximate surface area is 151 Å². The molecular formula is C18H17N3O4S. The number of aromatic nitrogens is 1. The first-order valence-corrected chi connectivity index (χ1v) is 9.24. The van der Waals surface area contributed by atoms with E-state index in [0.717, 1.165) is 0 Å². The molecule has 0 aliphatic rings. The number of benzene rings is 2. The van der Waals surface area contributed by atoms with Crippen LogP contribution >= 0.6 is 0 Å². The summed E-state index contributed by atoms with van der Waals surface area (Å²) in [5.74, 6) is 0.252. The molecule has 134 valence electrons. The Kier molecular flexibility index (Phi) is 4.77. The van der Waals surface area contributed by atoms with Crippen LogP contribution in [0.3, 0.4) is 0 Å². The molecule has 8 heteroatoms. The van der Waals surface area contributed by atoms with Crippen molar-refractivity contribution in [1.29, 1.82) is 0 Å². The molecule has 0 saturated carbocycles. The molecule has 1 aromatic heterocycles. The molecule has 2 aromatic carbocycles. The van der Waals surface area contributed by atoms with Crippen molar-refractivity contribution < 1.29 is 17.7 Å². The molecular weight excluding hydrogens is 354 g/mol. The Morgan fingerprint density at radius 2 is 1.81 bits per heavy atom. The van der Waals surface area contributed by atoms with Gasteiger partial charge in [0.2, 0.25) is 0 Å². The molecule has 1 heterocycles. The zero-order valence-electron chi connectivity index (χ0n) is 14.2. The minimum atomic E-state index is -3.89. The van der Waals surface area contributed by atoms with E-state index in [4.69, 9.17) is 4.52 Å². The largest absolute Gasteiger partial charge is 0.360 e. The van der Waals surface area contributed by atoms with Gasteiger partial charge in [0, 0.05) is 24.4 Å². The van der Waals surface area contributed by atoms with Crippen molar-refractivity contribution in [3.05, 3.63) is 72.0 Å². The molecule has 26 heavy (non-hydrogen) atoms. The van der Waals surface area contributed by atoms with Gasteiger partial charge in [0.1, 0.15) is 5.76 Å². The number of hydrogen-bond acceptors (Lipinski definition) is 5. The van der Waals surface area contributed by atoms with Gasteiger partial charge in [0.15, 0.2) is 5.82 Å². The summed E-state index contributed by atoms with van der Waals surface area (Å²) < 4.78 is 32.2. The Morgan fingerprint density at radius 1 is 1.08 bits per heavy atom. The van der Waals surface area contributed by atoms with Crippen LogP contribution in [0.4, 0.5) is 11.5 Å². The summed E-state index contributed by atoms with van der Waals surface area (Å²) in [5.41, 5.74) is 0.970. The van der Waals surface area contributed by atoms with E-state index in [-0.39, 0.29) is 22.2 Å². The summed E-state index contributed by atoms with van der Waals surface area (Å²) in [5, 5.41) is 3.61. The highest BCUT2D eigenvalue weighted by atomic mass is 32.2. The Hall–Kier alpha value is -3.13. The van der Waals surface area contributed by atoms with Gasteiger partial charge < -0.3 is 9.42 Å². The van der Waals surface area contributed by atoms with Crippen LogP contribution < -0.4 is 9.62 Å². The minimum absolute atomic E-state index is 0.0366. The number of sulfonamides is 1. The first-order valence-electron chi connectivity index (χ1n) is 7.76. The van der Waals surface area contributed by atoms with E-state index in [1.807, 2.05) is 18.2 Å². The van der Waals surface area contributed by atoms with Gasteiger partial charge in [0.25, 0.3) is 15.9 Å². The maximum atomic E-state index is 12.7. The summed E-state index contributed by atoms with van der Waals surface area (Å²) in [6, 6.07) is 16.4. The topological polar surface area (TPSA) is 92.5 Å². The summed E-state index contributed by atoms with van der Waals surface area (Å²) in [6.07, 6.45) is 0. The van der Waals surface area contributed by atoms with E-state index in [9.17, 15) is 13.2 Å². The number of hydrogen-bond donors (Lipinski definition) is 1.